The van der Waals surface area contributed by atoms with E-state index in [2.05, 4.69) is 4.98 Å². The van der Waals surface area contributed by atoms with Crippen molar-refractivity contribution < 1.29 is 14.3 Å². The number of methoxy groups -OCH3 is 2. The van der Waals surface area contributed by atoms with Gasteiger partial charge in [-0.2, -0.15) is 0 Å². The van der Waals surface area contributed by atoms with Gasteiger partial charge < -0.3 is 9.47 Å². The number of benzene rings is 1. The van der Waals surface area contributed by atoms with Crippen LogP contribution in [0.4, 0.5) is 0 Å². The zero-order valence-corrected chi connectivity index (χ0v) is 10.9. The molecule has 0 unspecified atom stereocenters. The number of rotatable bonds is 4. The molecule has 0 amide bonds. The topological polar surface area (TPSA) is 48.4 Å². The molecule has 0 radical (unpaired) electrons. The second-order valence-corrected chi connectivity index (χ2v) is 4.00. The Bertz CT molecular complexity index is 564. The molecule has 0 spiro atoms. The molecule has 1 aromatic carbocycles. The number of nitrogens with zero attached hydrogens (tertiary/aromatic N) is 1. The Morgan fingerprint density at radius 3 is 2.58 bits per heavy atom. The van der Waals surface area contributed by atoms with Crippen LogP contribution < -0.4 is 4.74 Å². The monoisotopic (exact) mass is 257 g/mol. The number of hydrogen-bond acceptors (Lipinski definition) is 4. The van der Waals surface area contributed by atoms with Crippen molar-refractivity contribution in [1.29, 1.82) is 0 Å². The maximum Gasteiger partial charge on any atom is 0.309 e. The molecule has 0 fully saturated rings. The lowest BCUT2D eigenvalue weighted by atomic mass is 9.99. The fourth-order valence-corrected chi connectivity index (χ4v) is 1.84. The molecule has 98 valence electrons. The third-order valence-corrected chi connectivity index (χ3v) is 2.84. The molecule has 0 N–H and O–H groups in total. The number of pyridine rings is 1. The van der Waals surface area contributed by atoms with Gasteiger partial charge in [0, 0.05) is 17.8 Å². The summed E-state index contributed by atoms with van der Waals surface area (Å²) in [6.45, 7) is 0. The molecule has 0 bridgehead atoms. The van der Waals surface area contributed by atoms with Crippen molar-refractivity contribution in [3.63, 3.8) is 0 Å². The number of esters is 1. The van der Waals surface area contributed by atoms with E-state index in [-0.39, 0.29) is 12.4 Å². The van der Waals surface area contributed by atoms with Crippen molar-refractivity contribution in [2.75, 3.05) is 14.2 Å². The molecule has 0 saturated carbocycles. The van der Waals surface area contributed by atoms with Gasteiger partial charge in [-0.25, -0.2) is 4.98 Å². The lowest BCUT2D eigenvalue weighted by Gasteiger charge is -2.09. The SMILES string of the molecule is COC(=O)Cc1ccccc1-c1ccc(OC)nc1. The third-order valence-electron chi connectivity index (χ3n) is 2.84. The molecule has 19 heavy (non-hydrogen) atoms. The van der Waals surface area contributed by atoms with Crippen LogP contribution in [0.1, 0.15) is 5.56 Å². The van der Waals surface area contributed by atoms with Gasteiger partial charge in [-0.15, -0.1) is 0 Å². The van der Waals surface area contributed by atoms with Crippen LogP contribution in [0.15, 0.2) is 42.6 Å². The molecule has 2 rings (SSSR count). The number of ether oxygens (including phenoxy) is 2. The van der Waals surface area contributed by atoms with Gasteiger partial charge in [0.05, 0.1) is 20.6 Å². The molecule has 4 nitrogen and oxygen atoms in total. The summed E-state index contributed by atoms with van der Waals surface area (Å²) in [5, 5.41) is 0. The van der Waals surface area contributed by atoms with Crippen LogP contribution in [0.3, 0.4) is 0 Å². The molecule has 0 aliphatic carbocycles. The highest BCUT2D eigenvalue weighted by Gasteiger charge is 2.09. The van der Waals surface area contributed by atoms with Crippen molar-refractivity contribution in [3.05, 3.63) is 48.2 Å². The highest BCUT2D eigenvalue weighted by molar-refractivity contribution is 5.77. The van der Waals surface area contributed by atoms with Crippen LogP contribution in [-0.2, 0) is 16.0 Å². The molecule has 1 aromatic heterocycles. The van der Waals surface area contributed by atoms with E-state index in [1.54, 1.807) is 19.4 Å². The predicted octanol–water partition coefficient (Wildman–Crippen LogP) is 2.47. The highest BCUT2D eigenvalue weighted by Crippen LogP contribution is 2.24. The quantitative estimate of drug-likeness (QED) is 0.789. The van der Waals surface area contributed by atoms with Gasteiger partial charge in [0.25, 0.3) is 0 Å². The first kappa shape index (κ1) is 13.1. The average molecular weight is 257 g/mol. The van der Waals surface area contributed by atoms with E-state index in [0.29, 0.717) is 5.88 Å². The van der Waals surface area contributed by atoms with Gasteiger partial charge in [0.15, 0.2) is 0 Å². The average Bonchev–Trinajstić information content (AvgIpc) is 2.48. The summed E-state index contributed by atoms with van der Waals surface area (Å²) in [5.74, 6) is 0.308. The Kier molecular flexibility index (Phi) is 4.13. The molecule has 0 saturated heterocycles. The largest absolute Gasteiger partial charge is 0.481 e. The molecule has 0 aliphatic heterocycles. The van der Waals surface area contributed by atoms with E-state index in [0.717, 1.165) is 16.7 Å². The van der Waals surface area contributed by atoms with Crippen molar-refractivity contribution >= 4 is 5.97 Å². The lowest BCUT2D eigenvalue weighted by Crippen LogP contribution is -2.05. The third kappa shape index (κ3) is 3.10. The molecular formula is C15H15NO3. The molecular weight excluding hydrogens is 242 g/mol. The second kappa shape index (κ2) is 6.00. The minimum Gasteiger partial charge on any atom is -0.481 e. The van der Waals surface area contributed by atoms with E-state index < -0.39 is 0 Å². The normalized spacial score (nSPS) is 10.0. The van der Waals surface area contributed by atoms with Crippen LogP contribution in [0, 0.1) is 0 Å². The van der Waals surface area contributed by atoms with Crippen LogP contribution in [0.2, 0.25) is 0 Å². The van der Waals surface area contributed by atoms with Crippen LogP contribution in [0.5, 0.6) is 5.88 Å². The Morgan fingerprint density at radius 2 is 1.95 bits per heavy atom. The van der Waals surface area contributed by atoms with Crippen LogP contribution in [0.25, 0.3) is 11.1 Å². The number of carbonyl (C=O) groups is 1. The fraction of sp³-hybridized carbons (Fsp3) is 0.200. The van der Waals surface area contributed by atoms with Crippen molar-refractivity contribution in [3.8, 4) is 17.0 Å². The van der Waals surface area contributed by atoms with E-state index in [1.165, 1.54) is 7.11 Å². The van der Waals surface area contributed by atoms with Crippen LogP contribution in [-0.4, -0.2) is 25.2 Å². The Labute approximate surface area is 112 Å². The Balaban J connectivity index is 2.35. The molecule has 0 aliphatic rings. The predicted molar refractivity (Wildman–Crippen MR) is 71.9 cm³/mol. The number of carbonyl (C=O) groups excluding carboxylic acids is 1. The fourth-order valence-electron chi connectivity index (χ4n) is 1.84. The zero-order chi connectivity index (χ0) is 13.7. The van der Waals surface area contributed by atoms with Gasteiger partial charge >= 0.3 is 5.97 Å². The minimum atomic E-state index is -0.256. The minimum absolute atomic E-state index is 0.249. The summed E-state index contributed by atoms with van der Waals surface area (Å²) < 4.78 is 9.74. The first-order chi connectivity index (χ1) is 9.24. The van der Waals surface area contributed by atoms with Crippen molar-refractivity contribution in [2.24, 2.45) is 0 Å². The van der Waals surface area contributed by atoms with Gasteiger partial charge in [-0.05, 0) is 17.2 Å². The highest BCUT2D eigenvalue weighted by atomic mass is 16.5. The van der Waals surface area contributed by atoms with E-state index in [9.17, 15) is 4.79 Å². The summed E-state index contributed by atoms with van der Waals surface area (Å²) in [6.07, 6.45) is 1.98. The van der Waals surface area contributed by atoms with Gasteiger partial charge in [-0.1, -0.05) is 24.3 Å². The van der Waals surface area contributed by atoms with E-state index in [1.807, 2.05) is 30.3 Å². The van der Waals surface area contributed by atoms with Gasteiger partial charge in [0.1, 0.15) is 0 Å². The maximum absolute atomic E-state index is 11.4. The van der Waals surface area contributed by atoms with Crippen molar-refractivity contribution in [1.82, 2.24) is 4.98 Å². The molecule has 1 heterocycles. The molecule has 4 heteroatoms. The van der Waals surface area contributed by atoms with E-state index in [4.69, 9.17) is 9.47 Å². The summed E-state index contributed by atoms with van der Waals surface area (Å²) in [6, 6.07) is 11.4. The van der Waals surface area contributed by atoms with Gasteiger partial charge in [-0.3, -0.25) is 4.79 Å². The lowest BCUT2D eigenvalue weighted by molar-refractivity contribution is -0.139. The Morgan fingerprint density at radius 1 is 1.16 bits per heavy atom. The van der Waals surface area contributed by atoms with Gasteiger partial charge in [0.2, 0.25) is 5.88 Å². The molecule has 2 aromatic rings. The summed E-state index contributed by atoms with van der Waals surface area (Å²) in [4.78, 5) is 15.6. The molecule has 0 atom stereocenters. The maximum atomic E-state index is 11.4. The zero-order valence-electron chi connectivity index (χ0n) is 10.9. The van der Waals surface area contributed by atoms with Crippen LogP contribution >= 0.6 is 0 Å². The number of aromatic nitrogens is 1. The second-order valence-electron chi connectivity index (χ2n) is 4.00. The van der Waals surface area contributed by atoms with Crippen molar-refractivity contribution in [2.45, 2.75) is 6.42 Å². The summed E-state index contributed by atoms with van der Waals surface area (Å²) in [7, 11) is 2.97. The standard InChI is InChI=1S/C15H15NO3/c1-18-14-8-7-12(10-16-14)13-6-4-3-5-11(13)9-15(17)19-2/h3-8,10H,9H2,1-2H3. The summed E-state index contributed by atoms with van der Waals surface area (Å²) >= 11 is 0. The Hall–Kier alpha value is -2.36. The first-order valence-electron chi connectivity index (χ1n) is 5.89. The first-order valence-corrected chi connectivity index (χ1v) is 5.89. The van der Waals surface area contributed by atoms with E-state index >= 15 is 0 Å². The summed E-state index contributed by atoms with van der Waals surface area (Å²) in [5.41, 5.74) is 2.84. The smallest absolute Gasteiger partial charge is 0.309 e. The number of hydrogen-bond donors (Lipinski definition) is 0.